The molecule has 0 unspecified atom stereocenters. The first-order valence-electron chi connectivity index (χ1n) is 13.5. The van der Waals surface area contributed by atoms with E-state index in [-0.39, 0.29) is 24.1 Å². The number of carbonyl (C=O) groups is 4. The number of thiazole rings is 1. The SMILES string of the molecule is CC[C@H]1NC(=O)[C@@H](NC(=O)CCc2ccno2)CCCCNC(=O)c2csc(n2)[C@H](Cc2ccccc2)NC1=O. The molecule has 4 N–H and O–H groups in total. The molecule has 3 aromatic rings. The summed E-state index contributed by atoms with van der Waals surface area (Å²) in [6.45, 7) is 2.22. The first kappa shape index (κ1) is 28.9. The van der Waals surface area contributed by atoms with Gasteiger partial charge in [-0.05, 0) is 37.7 Å². The molecule has 0 saturated carbocycles. The lowest BCUT2D eigenvalue weighted by Crippen LogP contribution is -2.54. The molecule has 1 aliphatic heterocycles. The van der Waals surface area contributed by atoms with Crippen molar-refractivity contribution in [3.05, 3.63) is 70.0 Å². The highest BCUT2D eigenvalue weighted by atomic mass is 32.1. The van der Waals surface area contributed by atoms with E-state index in [1.165, 1.54) is 17.5 Å². The van der Waals surface area contributed by atoms with Gasteiger partial charge in [0.15, 0.2) is 0 Å². The molecule has 2 bridgehead atoms. The fourth-order valence-corrected chi connectivity index (χ4v) is 5.26. The van der Waals surface area contributed by atoms with Crippen molar-refractivity contribution in [2.45, 2.75) is 70.0 Å². The molecule has 2 aromatic heterocycles. The van der Waals surface area contributed by atoms with E-state index in [0.29, 0.717) is 61.5 Å². The summed E-state index contributed by atoms with van der Waals surface area (Å²) in [6.07, 6.45) is 4.35. The number of aromatic nitrogens is 2. The van der Waals surface area contributed by atoms with Crippen LogP contribution in [0, 0.1) is 0 Å². The number of carbonyl (C=O) groups excluding carboxylic acids is 4. The van der Waals surface area contributed by atoms with Gasteiger partial charge in [0, 0.05) is 30.8 Å². The third-order valence-corrected chi connectivity index (χ3v) is 7.60. The Balaban J connectivity index is 1.51. The number of amides is 4. The summed E-state index contributed by atoms with van der Waals surface area (Å²) < 4.78 is 5.04. The van der Waals surface area contributed by atoms with Gasteiger partial charge in [-0.3, -0.25) is 19.2 Å². The Kier molecular flexibility index (Phi) is 10.4. The third kappa shape index (κ3) is 8.22. The van der Waals surface area contributed by atoms with Crippen LogP contribution in [0.25, 0.3) is 0 Å². The molecule has 12 heteroatoms. The first-order chi connectivity index (χ1) is 19.4. The van der Waals surface area contributed by atoms with Gasteiger partial charge < -0.3 is 25.8 Å². The zero-order chi connectivity index (χ0) is 28.3. The predicted molar refractivity (Wildman–Crippen MR) is 148 cm³/mol. The topological polar surface area (TPSA) is 155 Å². The van der Waals surface area contributed by atoms with E-state index in [1.807, 2.05) is 37.3 Å². The number of aryl methyl sites for hydroxylation is 1. The maximum Gasteiger partial charge on any atom is 0.270 e. The minimum atomic E-state index is -0.827. The summed E-state index contributed by atoms with van der Waals surface area (Å²) in [5.41, 5.74) is 1.30. The van der Waals surface area contributed by atoms with Crippen molar-refractivity contribution in [3.8, 4) is 0 Å². The normalized spacial score (nSPS) is 20.7. The van der Waals surface area contributed by atoms with Gasteiger partial charge in [-0.1, -0.05) is 42.4 Å². The molecule has 4 amide bonds. The first-order valence-corrected chi connectivity index (χ1v) is 14.4. The van der Waals surface area contributed by atoms with E-state index >= 15 is 0 Å². The molecule has 0 aliphatic carbocycles. The Morgan fingerprint density at radius 2 is 1.88 bits per heavy atom. The minimum absolute atomic E-state index is 0.128. The van der Waals surface area contributed by atoms with Crippen molar-refractivity contribution < 1.29 is 23.7 Å². The van der Waals surface area contributed by atoms with Crippen LogP contribution in [0.5, 0.6) is 0 Å². The molecule has 4 rings (SSSR count). The Labute approximate surface area is 236 Å². The van der Waals surface area contributed by atoms with E-state index in [0.717, 1.165) is 5.56 Å². The second-order valence-electron chi connectivity index (χ2n) is 9.64. The van der Waals surface area contributed by atoms with Crippen LogP contribution in [0.4, 0.5) is 0 Å². The van der Waals surface area contributed by atoms with Gasteiger partial charge in [0.2, 0.25) is 17.7 Å². The van der Waals surface area contributed by atoms with Crippen LogP contribution in [0.1, 0.15) is 71.9 Å². The van der Waals surface area contributed by atoms with Crippen molar-refractivity contribution in [2.75, 3.05) is 6.54 Å². The molecule has 212 valence electrons. The van der Waals surface area contributed by atoms with Crippen LogP contribution in [-0.4, -0.2) is 52.4 Å². The molecule has 1 aliphatic rings. The molecule has 0 fully saturated rings. The molecule has 40 heavy (non-hydrogen) atoms. The van der Waals surface area contributed by atoms with Crippen LogP contribution < -0.4 is 21.3 Å². The molecular formula is C28H34N6O5S. The molecule has 3 atom stereocenters. The van der Waals surface area contributed by atoms with Gasteiger partial charge in [-0.15, -0.1) is 11.3 Å². The highest BCUT2D eigenvalue weighted by Crippen LogP contribution is 2.23. The molecule has 11 nitrogen and oxygen atoms in total. The highest BCUT2D eigenvalue weighted by Gasteiger charge is 2.29. The average Bonchev–Trinajstić information content (AvgIpc) is 3.66. The molecule has 0 saturated heterocycles. The standard InChI is InChI=1S/C28H34N6O5S/c1-2-20-26(37)33-22(16-18-8-4-3-5-9-18)28-34-23(17-40-28)25(36)29-14-7-6-10-21(27(38)32-20)31-24(35)12-11-19-13-15-30-39-19/h3-5,8-9,13,15,17,20-22H,2,6-7,10-12,14,16H2,1H3,(H,29,36)(H,31,35)(H,32,38)(H,33,37)/t20-,21+,22+/m1/s1. The summed E-state index contributed by atoms with van der Waals surface area (Å²) in [5.74, 6) is -0.810. The van der Waals surface area contributed by atoms with E-state index in [1.54, 1.807) is 11.4 Å². The van der Waals surface area contributed by atoms with E-state index in [9.17, 15) is 19.2 Å². The lowest BCUT2D eigenvalue weighted by Gasteiger charge is -2.25. The second kappa shape index (κ2) is 14.4. The fourth-order valence-electron chi connectivity index (χ4n) is 4.41. The van der Waals surface area contributed by atoms with Crippen LogP contribution in [0.15, 0.2) is 52.5 Å². The fraction of sp³-hybridized carbons (Fsp3) is 0.429. The van der Waals surface area contributed by atoms with Crippen LogP contribution >= 0.6 is 11.3 Å². The van der Waals surface area contributed by atoms with Crippen LogP contribution in [-0.2, 0) is 27.2 Å². The number of nitrogens with zero attached hydrogens (tertiary/aromatic N) is 2. The lowest BCUT2D eigenvalue weighted by atomic mass is 10.0. The van der Waals surface area contributed by atoms with Crippen molar-refractivity contribution in [1.29, 1.82) is 0 Å². The van der Waals surface area contributed by atoms with Crippen molar-refractivity contribution in [1.82, 2.24) is 31.4 Å². The van der Waals surface area contributed by atoms with Gasteiger partial charge >= 0.3 is 0 Å². The van der Waals surface area contributed by atoms with Crippen LogP contribution in [0.3, 0.4) is 0 Å². The number of rotatable bonds is 7. The van der Waals surface area contributed by atoms with E-state index < -0.39 is 24.0 Å². The summed E-state index contributed by atoms with van der Waals surface area (Å²) in [7, 11) is 0. The van der Waals surface area contributed by atoms with Crippen molar-refractivity contribution in [3.63, 3.8) is 0 Å². The van der Waals surface area contributed by atoms with Gasteiger partial charge in [0.25, 0.3) is 5.91 Å². The molecule has 0 radical (unpaired) electrons. The zero-order valence-electron chi connectivity index (χ0n) is 22.4. The largest absolute Gasteiger partial charge is 0.361 e. The van der Waals surface area contributed by atoms with E-state index in [2.05, 4.69) is 31.4 Å². The van der Waals surface area contributed by atoms with Gasteiger partial charge in [-0.2, -0.15) is 0 Å². The molecular weight excluding hydrogens is 532 g/mol. The molecule has 1 aromatic carbocycles. The average molecular weight is 567 g/mol. The quantitative estimate of drug-likeness (QED) is 0.342. The number of hydrogen-bond donors (Lipinski definition) is 4. The number of fused-ring (bicyclic) bond motifs is 2. The van der Waals surface area contributed by atoms with Crippen molar-refractivity contribution in [2.24, 2.45) is 0 Å². The maximum atomic E-state index is 13.4. The minimum Gasteiger partial charge on any atom is -0.361 e. The Morgan fingerprint density at radius 3 is 2.62 bits per heavy atom. The molecule has 3 heterocycles. The number of nitrogens with one attached hydrogen (secondary N) is 4. The van der Waals surface area contributed by atoms with E-state index in [4.69, 9.17) is 4.52 Å². The Morgan fingerprint density at radius 1 is 1.07 bits per heavy atom. The van der Waals surface area contributed by atoms with Gasteiger partial charge in [0.1, 0.15) is 28.5 Å². The molecule has 0 spiro atoms. The van der Waals surface area contributed by atoms with Crippen LogP contribution in [0.2, 0.25) is 0 Å². The Bertz CT molecular complexity index is 1280. The monoisotopic (exact) mass is 566 g/mol. The smallest absolute Gasteiger partial charge is 0.270 e. The lowest BCUT2D eigenvalue weighted by molar-refractivity contribution is -0.132. The summed E-state index contributed by atoms with van der Waals surface area (Å²) in [4.78, 5) is 56.6. The maximum absolute atomic E-state index is 13.4. The zero-order valence-corrected chi connectivity index (χ0v) is 23.2. The number of hydrogen-bond acceptors (Lipinski definition) is 8. The van der Waals surface area contributed by atoms with Gasteiger partial charge in [-0.25, -0.2) is 4.98 Å². The summed E-state index contributed by atoms with van der Waals surface area (Å²) >= 11 is 1.31. The highest BCUT2D eigenvalue weighted by molar-refractivity contribution is 7.09. The predicted octanol–water partition coefficient (Wildman–Crippen LogP) is 2.46. The summed E-state index contributed by atoms with van der Waals surface area (Å²) in [6, 6.07) is 9.22. The van der Waals surface area contributed by atoms with Gasteiger partial charge in [0.05, 0.1) is 12.2 Å². The number of benzene rings is 1. The summed E-state index contributed by atoms with van der Waals surface area (Å²) in [5, 5.41) is 17.5. The Hall–Kier alpha value is -4.06. The third-order valence-electron chi connectivity index (χ3n) is 6.64. The second-order valence-corrected chi connectivity index (χ2v) is 10.5. The van der Waals surface area contributed by atoms with Crippen molar-refractivity contribution >= 4 is 35.0 Å².